The Morgan fingerprint density at radius 2 is 1.95 bits per heavy atom. The minimum atomic E-state index is -0.966. The van der Waals surface area contributed by atoms with Crippen molar-refractivity contribution in [3.63, 3.8) is 0 Å². The van der Waals surface area contributed by atoms with Gasteiger partial charge in [0.05, 0.1) is 18.8 Å². The fraction of sp³-hybridized carbons (Fsp3) is 0.929. The highest BCUT2D eigenvalue weighted by Crippen LogP contribution is 2.62. The van der Waals surface area contributed by atoms with Crippen LogP contribution in [0.15, 0.2) is 0 Å². The zero-order valence-electron chi connectivity index (χ0n) is 11.8. The molecule has 1 N–H and O–H groups in total. The average molecular weight is 268 g/mol. The number of nitrogens with one attached hydrogen (secondary N) is 1. The van der Waals surface area contributed by atoms with Gasteiger partial charge < -0.3 is 24.7 Å². The van der Waals surface area contributed by atoms with Gasteiger partial charge in [0, 0.05) is 18.3 Å². The van der Waals surface area contributed by atoms with Crippen molar-refractivity contribution < 1.29 is 19.4 Å². The summed E-state index contributed by atoms with van der Waals surface area (Å²) in [6.07, 6.45) is 1.74. The number of carboxylic acids is 1. The lowest BCUT2D eigenvalue weighted by molar-refractivity contribution is -0.313. The van der Waals surface area contributed by atoms with E-state index in [-0.39, 0.29) is 16.9 Å². The van der Waals surface area contributed by atoms with E-state index in [1.807, 2.05) is 0 Å². The third-order valence-corrected chi connectivity index (χ3v) is 6.10. The maximum absolute atomic E-state index is 11.2. The molecule has 4 atom stereocenters. The molecular formula is C14H22NO4-. The first-order valence-corrected chi connectivity index (χ1v) is 7.10. The van der Waals surface area contributed by atoms with E-state index in [1.165, 1.54) is 0 Å². The van der Waals surface area contributed by atoms with Crippen LogP contribution in [-0.2, 0) is 14.3 Å². The Morgan fingerprint density at radius 3 is 2.53 bits per heavy atom. The number of carbonyl (C=O) groups excluding carboxylic acids is 1. The maximum Gasteiger partial charge on any atom is 0.187 e. The first kappa shape index (κ1) is 13.3. The number of hydrogen-bond acceptors (Lipinski definition) is 5. The Bertz CT molecular complexity index is 406. The summed E-state index contributed by atoms with van der Waals surface area (Å²) in [5, 5.41) is 14.7. The molecular weight excluding hydrogens is 246 g/mol. The molecule has 0 bridgehead atoms. The number of aliphatic carboxylic acids is 1. The lowest BCUT2D eigenvalue weighted by Crippen LogP contribution is -2.61. The third-order valence-electron chi connectivity index (χ3n) is 6.10. The van der Waals surface area contributed by atoms with Crippen LogP contribution >= 0.6 is 0 Å². The molecule has 108 valence electrons. The van der Waals surface area contributed by atoms with Gasteiger partial charge in [-0.15, -0.1) is 0 Å². The highest BCUT2D eigenvalue weighted by atomic mass is 16.7. The lowest BCUT2D eigenvalue weighted by atomic mass is 9.65. The van der Waals surface area contributed by atoms with E-state index in [4.69, 9.17) is 9.47 Å². The lowest BCUT2D eigenvalue weighted by Gasteiger charge is -2.45. The van der Waals surface area contributed by atoms with Gasteiger partial charge in [-0.05, 0) is 31.2 Å². The minimum absolute atomic E-state index is 0.0506. The van der Waals surface area contributed by atoms with Crippen molar-refractivity contribution in [3.8, 4) is 0 Å². The van der Waals surface area contributed by atoms with Gasteiger partial charge in [0.15, 0.2) is 5.79 Å². The third kappa shape index (κ3) is 1.44. The van der Waals surface area contributed by atoms with Crippen molar-refractivity contribution in [1.82, 2.24) is 5.32 Å². The summed E-state index contributed by atoms with van der Waals surface area (Å²) < 4.78 is 11.8. The largest absolute Gasteiger partial charge is 0.550 e. The molecule has 0 aromatic rings. The van der Waals surface area contributed by atoms with E-state index in [0.717, 1.165) is 12.8 Å². The van der Waals surface area contributed by atoms with E-state index < -0.39 is 17.7 Å². The van der Waals surface area contributed by atoms with E-state index >= 15 is 0 Å². The van der Waals surface area contributed by atoms with Crippen LogP contribution < -0.4 is 10.4 Å². The van der Waals surface area contributed by atoms with Crippen molar-refractivity contribution >= 4 is 5.97 Å². The van der Waals surface area contributed by atoms with Gasteiger partial charge in [0.25, 0.3) is 0 Å². The Balaban J connectivity index is 1.96. The molecule has 2 heterocycles. The van der Waals surface area contributed by atoms with Gasteiger partial charge >= 0.3 is 0 Å². The number of ether oxygens (including phenoxy) is 2. The predicted octanol–water partition coefficient (Wildman–Crippen LogP) is -0.106. The van der Waals surface area contributed by atoms with E-state index in [9.17, 15) is 9.90 Å². The molecule has 0 aromatic carbocycles. The van der Waals surface area contributed by atoms with Crippen LogP contribution in [0, 0.1) is 17.3 Å². The molecule has 0 amide bonds. The van der Waals surface area contributed by atoms with Crippen LogP contribution in [-0.4, -0.2) is 37.1 Å². The number of carboxylic acid groups (broad SMARTS) is 1. The second kappa shape index (κ2) is 3.93. The van der Waals surface area contributed by atoms with E-state index in [2.05, 4.69) is 19.2 Å². The minimum Gasteiger partial charge on any atom is -0.550 e. The molecule has 3 aliphatic rings. The molecule has 1 aliphatic carbocycles. The van der Waals surface area contributed by atoms with Crippen LogP contribution in [0.4, 0.5) is 0 Å². The smallest absolute Gasteiger partial charge is 0.187 e. The van der Waals surface area contributed by atoms with Crippen molar-refractivity contribution in [2.24, 2.45) is 17.3 Å². The van der Waals surface area contributed by atoms with Crippen LogP contribution in [0.1, 0.15) is 33.6 Å². The Labute approximate surface area is 113 Å². The second-order valence-electron chi connectivity index (χ2n) is 6.59. The molecule has 1 saturated carbocycles. The fourth-order valence-corrected chi connectivity index (χ4v) is 4.57. The van der Waals surface area contributed by atoms with Gasteiger partial charge in [-0.3, -0.25) is 0 Å². The monoisotopic (exact) mass is 268 g/mol. The van der Waals surface area contributed by atoms with Crippen LogP contribution in [0.25, 0.3) is 0 Å². The summed E-state index contributed by atoms with van der Waals surface area (Å²) >= 11 is 0. The first-order chi connectivity index (χ1) is 8.86. The number of fused-ring (bicyclic) bond motifs is 2. The van der Waals surface area contributed by atoms with Crippen molar-refractivity contribution in [2.45, 2.75) is 44.9 Å². The Kier molecular flexibility index (Phi) is 2.76. The van der Waals surface area contributed by atoms with Gasteiger partial charge in [-0.2, -0.15) is 0 Å². The normalized spacial score (nSPS) is 45.5. The van der Waals surface area contributed by atoms with Gasteiger partial charge in [-0.1, -0.05) is 13.8 Å². The molecule has 2 saturated heterocycles. The molecule has 0 radical (unpaired) electrons. The topological polar surface area (TPSA) is 70.6 Å². The molecule has 3 fully saturated rings. The Hall–Kier alpha value is -0.650. The SMILES string of the molecule is CC(C(=O)[O-])C1CNC2(C)C3(CCC12C)OCCO3. The average Bonchev–Trinajstić information content (AvgIpc) is 2.98. The van der Waals surface area contributed by atoms with Gasteiger partial charge in [-0.25, -0.2) is 0 Å². The molecule has 3 rings (SSSR count). The van der Waals surface area contributed by atoms with E-state index in [1.54, 1.807) is 6.92 Å². The summed E-state index contributed by atoms with van der Waals surface area (Å²) in [5.41, 5.74) is -0.471. The molecule has 19 heavy (non-hydrogen) atoms. The number of carbonyl (C=O) groups is 1. The summed E-state index contributed by atoms with van der Waals surface area (Å²) in [6, 6.07) is 0. The van der Waals surface area contributed by atoms with Crippen LogP contribution in [0.2, 0.25) is 0 Å². The highest BCUT2D eigenvalue weighted by molar-refractivity contribution is 5.68. The molecule has 0 aromatic heterocycles. The number of hydrogen-bond donors (Lipinski definition) is 1. The second-order valence-corrected chi connectivity index (χ2v) is 6.59. The zero-order valence-corrected chi connectivity index (χ0v) is 11.8. The molecule has 1 spiro atoms. The van der Waals surface area contributed by atoms with Crippen molar-refractivity contribution in [1.29, 1.82) is 0 Å². The van der Waals surface area contributed by atoms with Crippen molar-refractivity contribution in [3.05, 3.63) is 0 Å². The predicted molar refractivity (Wildman–Crippen MR) is 66.0 cm³/mol. The molecule has 5 nitrogen and oxygen atoms in total. The maximum atomic E-state index is 11.2. The fourth-order valence-electron chi connectivity index (χ4n) is 4.57. The van der Waals surface area contributed by atoms with Crippen LogP contribution in [0.5, 0.6) is 0 Å². The zero-order chi connectivity index (χ0) is 13.9. The Morgan fingerprint density at radius 1 is 1.32 bits per heavy atom. The van der Waals surface area contributed by atoms with Gasteiger partial charge in [0.2, 0.25) is 0 Å². The van der Waals surface area contributed by atoms with Crippen LogP contribution in [0.3, 0.4) is 0 Å². The molecule has 5 heteroatoms. The van der Waals surface area contributed by atoms with E-state index in [0.29, 0.717) is 19.8 Å². The quantitative estimate of drug-likeness (QED) is 0.757. The number of rotatable bonds is 2. The summed E-state index contributed by atoms with van der Waals surface area (Å²) in [7, 11) is 0. The van der Waals surface area contributed by atoms with Gasteiger partial charge in [0.1, 0.15) is 0 Å². The van der Waals surface area contributed by atoms with Crippen molar-refractivity contribution in [2.75, 3.05) is 19.8 Å². The molecule has 4 unspecified atom stereocenters. The summed E-state index contributed by atoms with van der Waals surface area (Å²) in [4.78, 5) is 11.2. The molecule has 2 aliphatic heterocycles. The highest BCUT2D eigenvalue weighted by Gasteiger charge is 2.71. The summed E-state index contributed by atoms with van der Waals surface area (Å²) in [6.45, 7) is 7.95. The first-order valence-electron chi connectivity index (χ1n) is 7.10. The standard InChI is InChI=1S/C14H23NO4/c1-9(11(16)17)10-8-15-13(3)12(10,2)4-5-14(13)18-6-7-19-14/h9-10,15H,4-8H2,1-3H3,(H,16,17)/p-1. The summed E-state index contributed by atoms with van der Waals surface area (Å²) in [5.74, 6) is -1.96.